The smallest absolute Gasteiger partial charge is 0.416 e. The zero-order chi connectivity index (χ0) is 22.1. The molecule has 1 saturated heterocycles. The van der Waals surface area contributed by atoms with E-state index in [1.165, 1.54) is 17.7 Å². The van der Waals surface area contributed by atoms with E-state index in [2.05, 4.69) is 17.4 Å². The normalized spacial score (nSPS) is 19.0. The van der Waals surface area contributed by atoms with E-state index in [0.29, 0.717) is 18.1 Å². The number of hydrogen-bond donors (Lipinski definition) is 3. The average molecular weight is 421 g/mol. The fourth-order valence-corrected chi connectivity index (χ4v) is 3.37. The van der Waals surface area contributed by atoms with Gasteiger partial charge in [0.2, 0.25) is 0 Å². The third-order valence-corrected chi connectivity index (χ3v) is 4.74. The number of halogens is 3. The topological polar surface area (TPSA) is 86.6 Å². The highest BCUT2D eigenvalue weighted by Gasteiger charge is 2.32. The Morgan fingerprint density at radius 1 is 0.867 bits per heavy atom. The molecule has 3 N–H and O–H groups in total. The Bertz CT molecular complexity index is 848. The summed E-state index contributed by atoms with van der Waals surface area (Å²) in [6.45, 7) is 1.75. The molecule has 2 atom stereocenters. The molecular weight excluding hydrogens is 399 g/mol. The van der Waals surface area contributed by atoms with Gasteiger partial charge in [-0.15, -0.1) is 0 Å². The molecule has 0 aliphatic carbocycles. The van der Waals surface area contributed by atoms with Crippen LogP contribution in [0, 0.1) is 0 Å². The van der Waals surface area contributed by atoms with Crippen molar-refractivity contribution in [2.24, 2.45) is 0 Å². The van der Waals surface area contributed by atoms with Crippen LogP contribution in [-0.2, 0) is 15.8 Å². The molecule has 0 unspecified atom stereocenters. The number of carboxylic acids is 2. The molecule has 8 heteroatoms. The Labute approximate surface area is 171 Å². The number of carbonyl (C=O) groups is 2. The van der Waals surface area contributed by atoms with Crippen molar-refractivity contribution in [1.29, 1.82) is 0 Å². The summed E-state index contributed by atoms with van der Waals surface area (Å²) in [5.74, 6) is -1.96. The molecule has 0 radical (unpaired) electrons. The van der Waals surface area contributed by atoms with Crippen molar-refractivity contribution >= 4 is 11.9 Å². The Morgan fingerprint density at radius 2 is 1.40 bits per heavy atom. The van der Waals surface area contributed by atoms with Gasteiger partial charge in [0.1, 0.15) is 0 Å². The second kappa shape index (κ2) is 10.6. The molecule has 5 nitrogen and oxygen atoms in total. The molecule has 1 fully saturated rings. The summed E-state index contributed by atoms with van der Waals surface area (Å²) in [6, 6.07) is 15.8. The predicted molar refractivity (Wildman–Crippen MR) is 105 cm³/mol. The van der Waals surface area contributed by atoms with Gasteiger partial charge in [0.25, 0.3) is 0 Å². The van der Waals surface area contributed by atoms with Crippen molar-refractivity contribution in [1.82, 2.24) is 5.32 Å². The van der Waals surface area contributed by atoms with Crippen LogP contribution in [0.5, 0.6) is 0 Å². The first-order valence-corrected chi connectivity index (χ1v) is 9.25. The molecule has 0 aromatic heterocycles. The van der Waals surface area contributed by atoms with E-state index in [4.69, 9.17) is 10.2 Å². The zero-order valence-electron chi connectivity index (χ0n) is 16.0. The van der Waals surface area contributed by atoms with Crippen molar-refractivity contribution in [2.45, 2.75) is 24.4 Å². The molecule has 1 aliphatic heterocycles. The van der Waals surface area contributed by atoms with Gasteiger partial charge in [-0.2, -0.15) is 13.2 Å². The van der Waals surface area contributed by atoms with Crippen LogP contribution >= 0.6 is 0 Å². The minimum Gasteiger partial charge on any atom is -0.478 e. The monoisotopic (exact) mass is 421 g/mol. The minimum absolute atomic E-state index is 0.255. The van der Waals surface area contributed by atoms with Crippen molar-refractivity contribution < 1.29 is 33.0 Å². The Balaban J connectivity index is 0.000000343. The third kappa shape index (κ3) is 7.04. The van der Waals surface area contributed by atoms with E-state index in [1.54, 1.807) is 12.1 Å². The van der Waals surface area contributed by atoms with Crippen LogP contribution in [0.25, 0.3) is 0 Å². The predicted octanol–water partition coefficient (Wildman–Crippen LogP) is 4.28. The largest absolute Gasteiger partial charge is 0.478 e. The molecule has 2 aromatic carbocycles. The first-order chi connectivity index (χ1) is 14.2. The van der Waals surface area contributed by atoms with Gasteiger partial charge in [0, 0.05) is 24.6 Å². The fourth-order valence-electron chi connectivity index (χ4n) is 3.37. The second-order valence-corrected chi connectivity index (χ2v) is 6.75. The first-order valence-electron chi connectivity index (χ1n) is 9.25. The van der Waals surface area contributed by atoms with Crippen LogP contribution in [0.4, 0.5) is 13.2 Å². The summed E-state index contributed by atoms with van der Waals surface area (Å²) in [5, 5.41) is 19.0. The van der Waals surface area contributed by atoms with E-state index in [-0.39, 0.29) is 5.92 Å². The Morgan fingerprint density at radius 3 is 1.90 bits per heavy atom. The van der Waals surface area contributed by atoms with E-state index < -0.39 is 23.7 Å². The highest BCUT2D eigenvalue weighted by molar-refractivity contribution is 5.89. The summed E-state index contributed by atoms with van der Waals surface area (Å²) in [4.78, 5) is 19.1. The van der Waals surface area contributed by atoms with Gasteiger partial charge in [-0.05, 0) is 42.1 Å². The summed E-state index contributed by atoms with van der Waals surface area (Å²) >= 11 is 0. The van der Waals surface area contributed by atoms with Crippen LogP contribution in [-0.4, -0.2) is 35.2 Å². The molecule has 0 saturated carbocycles. The fraction of sp³-hybridized carbons (Fsp3) is 0.273. The second-order valence-electron chi connectivity index (χ2n) is 6.75. The number of piperidine rings is 1. The van der Waals surface area contributed by atoms with Crippen molar-refractivity contribution in [3.05, 3.63) is 83.4 Å². The summed E-state index contributed by atoms with van der Waals surface area (Å²) in [5.41, 5.74) is 1.64. The first kappa shape index (κ1) is 23.2. The van der Waals surface area contributed by atoms with E-state index in [9.17, 15) is 22.8 Å². The highest BCUT2D eigenvalue weighted by atomic mass is 19.4. The van der Waals surface area contributed by atoms with Gasteiger partial charge in [-0.1, -0.05) is 42.5 Å². The van der Waals surface area contributed by atoms with Crippen LogP contribution in [0.2, 0.25) is 0 Å². The Kier molecular flexibility index (Phi) is 8.17. The van der Waals surface area contributed by atoms with Crippen molar-refractivity contribution in [3.63, 3.8) is 0 Å². The minimum atomic E-state index is -4.27. The number of rotatable bonds is 4. The summed E-state index contributed by atoms with van der Waals surface area (Å²) in [7, 11) is 0. The number of nitrogens with one attached hydrogen (secondary N) is 1. The van der Waals surface area contributed by atoms with Gasteiger partial charge in [0.05, 0.1) is 5.56 Å². The maximum absolute atomic E-state index is 12.7. The van der Waals surface area contributed by atoms with Gasteiger partial charge >= 0.3 is 18.1 Å². The van der Waals surface area contributed by atoms with Gasteiger partial charge < -0.3 is 15.5 Å². The molecule has 1 aliphatic rings. The number of aliphatic carboxylic acids is 2. The number of carboxylic acid groups (broad SMARTS) is 2. The third-order valence-electron chi connectivity index (χ3n) is 4.74. The molecule has 0 amide bonds. The highest BCUT2D eigenvalue weighted by Crippen LogP contribution is 2.38. The maximum Gasteiger partial charge on any atom is 0.416 e. The standard InChI is InChI=1S/C18H18F3N.C4H4O4/c19-18(20,21)15-8-6-14(7-9-15)16-10-11-22-12-17(16)13-4-2-1-3-5-13;5-3(6)1-2-4(7)8/h1-9,16-17,22H,10-12H2;1-2H,(H,5,6)(H,7,8)/b;2-1-/t16-,17-;/m0./s1. The molecule has 2 aromatic rings. The van der Waals surface area contributed by atoms with E-state index in [1.807, 2.05) is 18.2 Å². The van der Waals surface area contributed by atoms with Crippen molar-refractivity contribution in [2.75, 3.05) is 13.1 Å². The van der Waals surface area contributed by atoms with Crippen LogP contribution in [0.1, 0.15) is 34.9 Å². The average Bonchev–Trinajstić information content (AvgIpc) is 2.73. The van der Waals surface area contributed by atoms with Crippen LogP contribution < -0.4 is 5.32 Å². The van der Waals surface area contributed by atoms with Gasteiger partial charge in [-0.3, -0.25) is 0 Å². The number of benzene rings is 2. The lowest BCUT2D eigenvalue weighted by molar-refractivity contribution is -0.137. The lowest BCUT2D eigenvalue weighted by Crippen LogP contribution is -2.34. The quantitative estimate of drug-likeness (QED) is 0.642. The van der Waals surface area contributed by atoms with Crippen molar-refractivity contribution in [3.8, 4) is 0 Å². The lowest BCUT2D eigenvalue weighted by Gasteiger charge is -2.33. The molecule has 3 rings (SSSR count). The van der Waals surface area contributed by atoms with Crippen LogP contribution in [0.15, 0.2) is 66.7 Å². The lowest BCUT2D eigenvalue weighted by atomic mass is 9.77. The molecule has 30 heavy (non-hydrogen) atoms. The summed E-state index contributed by atoms with van der Waals surface area (Å²) < 4.78 is 38.1. The van der Waals surface area contributed by atoms with E-state index in [0.717, 1.165) is 25.1 Å². The molecule has 0 bridgehead atoms. The molecule has 160 valence electrons. The SMILES string of the molecule is FC(F)(F)c1ccc([C@@H]2CCNC[C@H]2c2ccccc2)cc1.O=C(O)/C=C\C(=O)O. The zero-order valence-corrected chi connectivity index (χ0v) is 16.0. The van der Waals surface area contributed by atoms with Gasteiger partial charge in [0.15, 0.2) is 0 Å². The Hall–Kier alpha value is -3.13. The van der Waals surface area contributed by atoms with E-state index >= 15 is 0 Å². The number of hydrogen-bond acceptors (Lipinski definition) is 3. The molecule has 0 spiro atoms. The maximum atomic E-state index is 12.7. The molecule has 1 heterocycles. The van der Waals surface area contributed by atoms with Gasteiger partial charge in [-0.25, -0.2) is 9.59 Å². The summed E-state index contributed by atoms with van der Waals surface area (Å²) in [6.07, 6.45) is -2.22. The molecular formula is C22H22F3NO4. The number of alkyl halides is 3. The van der Waals surface area contributed by atoms with Crippen LogP contribution in [0.3, 0.4) is 0 Å².